The van der Waals surface area contributed by atoms with Gasteiger partial charge in [0.1, 0.15) is 5.75 Å². The Morgan fingerprint density at radius 1 is 1.05 bits per heavy atom. The van der Waals surface area contributed by atoms with E-state index in [9.17, 15) is 5.11 Å². The molecule has 2 aliphatic rings. The molecule has 2 unspecified atom stereocenters. The molecule has 0 radical (unpaired) electrons. The van der Waals surface area contributed by atoms with E-state index >= 15 is 0 Å². The van der Waals surface area contributed by atoms with Gasteiger partial charge in [-0.2, -0.15) is 0 Å². The number of benzene rings is 2. The summed E-state index contributed by atoms with van der Waals surface area (Å²) in [6.45, 7) is 5.73. The lowest BCUT2D eigenvalue weighted by Gasteiger charge is -2.26. The SMILES string of the molecule is CCC1(c2cccc(O)c2)C2CN(Cc3ccccc3)CC21. The lowest BCUT2D eigenvalue weighted by atomic mass is 9.87. The first-order valence-electron chi connectivity index (χ1n) is 8.30. The molecular weight excluding hydrogens is 270 g/mol. The van der Waals surface area contributed by atoms with E-state index in [1.807, 2.05) is 12.1 Å². The van der Waals surface area contributed by atoms with Gasteiger partial charge in [0, 0.05) is 25.0 Å². The fourth-order valence-electron chi connectivity index (χ4n) is 4.74. The fraction of sp³-hybridized carbons (Fsp3) is 0.400. The predicted molar refractivity (Wildman–Crippen MR) is 88.8 cm³/mol. The highest BCUT2D eigenvalue weighted by Gasteiger charge is 2.67. The Morgan fingerprint density at radius 3 is 2.41 bits per heavy atom. The van der Waals surface area contributed by atoms with Crippen molar-refractivity contribution in [2.75, 3.05) is 13.1 Å². The summed E-state index contributed by atoms with van der Waals surface area (Å²) in [6.07, 6.45) is 1.17. The van der Waals surface area contributed by atoms with Crippen molar-refractivity contribution in [3.63, 3.8) is 0 Å². The minimum absolute atomic E-state index is 0.311. The first kappa shape index (κ1) is 13.8. The van der Waals surface area contributed by atoms with Crippen molar-refractivity contribution in [3.8, 4) is 5.75 Å². The third-order valence-electron chi connectivity index (χ3n) is 5.83. The second-order valence-corrected chi connectivity index (χ2v) is 6.84. The molecule has 0 bridgehead atoms. The molecule has 114 valence electrons. The van der Waals surface area contributed by atoms with Crippen LogP contribution in [-0.2, 0) is 12.0 Å². The molecule has 22 heavy (non-hydrogen) atoms. The molecule has 2 atom stereocenters. The van der Waals surface area contributed by atoms with E-state index in [0.717, 1.165) is 18.4 Å². The third kappa shape index (κ3) is 2.05. The van der Waals surface area contributed by atoms with Crippen molar-refractivity contribution >= 4 is 0 Å². The van der Waals surface area contributed by atoms with Crippen molar-refractivity contribution in [2.45, 2.75) is 25.3 Å². The van der Waals surface area contributed by atoms with Crippen LogP contribution in [0.25, 0.3) is 0 Å². The molecule has 1 heterocycles. The number of piperidine rings is 1. The number of fused-ring (bicyclic) bond motifs is 1. The summed E-state index contributed by atoms with van der Waals surface area (Å²) >= 11 is 0. The van der Waals surface area contributed by atoms with Crippen molar-refractivity contribution in [1.82, 2.24) is 4.90 Å². The summed E-state index contributed by atoms with van der Waals surface area (Å²) in [5.41, 5.74) is 3.05. The predicted octanol–water partition coefficient (Wildman–Crippen LogP) is 3.80. The molecule has 1 saturated heterocycles. The smallest absolute Gasteiger partial charge is 0.115 e. The Labute approximate surface area is 132 Å². The van der Waals surface area contributed by atoms with E-state index in [1.54, 1.807) is 6.07 Å². The molecule has 2 heteroatoms. The molecule has 2 aromatic rings. The maximum absolute atomic E-state index is 9.80. The quantitative estimate of drug-likeness (QED) is 0.927. The normalized spacial score (nSPS) is 30.2. The van der Waals surface area contributed by atoms with E-state index < -0.39 is 0 Å². The Morgan fingerprint density at radius 2 is 1.77 bits per heavy atom. The minimum Gasteiger partial charge on any atom is -0.508 e. The number of likely N-dealkylation sites (tertiary alicyclic amines) is 1. The average molecular weight is 293 g/mol. The van der Waals surface area contributed by atoms with E-state index in [0.29, 0.717) is 11.2 Å². The maximum atomic E-state index is 9.80. The largest absolute Gasteiger partial charge is 0.508 e. The standard InChI is InChI=1S/C20H23NO/c1-2-20(16-9-6-10-17(22)11-16)18-13-21(14-19(18)20)12-15-7-4-3-5-8-15/h3-11,18-19,22H,2,12-14H2,1H3. The van der Waals surface area contributed by atoms with Crippen LogP contribution in [0.15, 0.2) is 54.6 Å². The highest BCUT2D eigenvalue weighted by atomic mass is 16.3. The van der Waals surface area contributed by atoms with Crippen LogP contribution < -0.4 is 0 Å². The summed E-state index contributed by atoms with van der Waals surface area (Å²) in [6, 6.07) is 18.7. The Bertz CT molecular complexity index is 654. The van der Waals surface area contributed by atoms with Gasteiger partial charge in [0.15, 0.2) is 0 Å². The third-order valence-corrected chi connectivity index (χ3v) is 5.83. The first-order chi connectivity index (χ1) is 10.7. The van der Waals surface area contributed by atoms with E-state index in [4.69, 9.17) is 0 Å². The topological polar surface area (TPSA) is 23.5 Å². The van der Waals surface area contributed by atoms with Crippen LogP contribution in [0.1, 0.15) is 24.5 Å². The average Bonchev–Trinajstić information content (AvgIpc) is 2.92. The first-order valence-corrected chi connectivity index (χ1v) is 8.30. The number of hydrogen-bond donors (Lipinski definition) is 1. The summed E-state index contributed by atoms with van der Waals surface area (Å²) in [5.74, 6) is 1.91. The summed E-state index contributed by atoms with van der Waals surface area (Å²) < 4.78 is 0. The van der Waals surface area contributed by atoms with E-state index in [2.05, 4.69) is 48.2 Å². The van der Waals surface area contributed by atoms with Crippen LogP contribution in [0.4, 0.5) is 0 Å². The summed E-state index contributed by atoms with van der Waals surface area (Å²) in [4.78, 5) is 2.58. The zero-order chi connectivity index (χ0) is 15.2. The van der Waals surface area contributed by atoms with Crippen LogP contribution in [0.2, 0.25) is 0 Å². The molecular formula is C20H23NO. The van der Waals surface area contributed by atoms with Gasteiger partial charge in [0.05, 0.1) is 0 Å². The molecule has 1 N–H and O–H groups in total. The van der Waals surface area contributed by atoms with Crippen LogP contribution in [0.5, 0.6) is 5.75 Å². The van der Waals surface area contributed by atoms with Gasteiger partial charge in [-0.05, 0) is 41.5 Å². The van der Waals surface area contributed by atoms with Crippen molar-refractivity contribution < 1.29 is 5.11 Å². The Balaban J connectivity index is 1.49. The Hall–Kier alpha value is -1.80. The lowest BCUT2D eigenvalue weighted by molar-refractivity contribution is 0.262. The number of aromatic hydroxyl groups is 1. The fourth-order valence-corrected chi connectivity index (χ4v) is 4.74. The summed E-state index contributed by atoms with van der Waals surface area (Å²) in [7, 11) is 0. The van der Waals surface area contributed by atoms with Gasteiger partial charge in [-0.1, -0.05) is 49.4 Å². The molecule has 1 saturated carbocycles. The van der Waals surface area contributed by atoms with Gasteiger partial charge in [0.25, 0.3) is 0 Å². The summed E-state index contributed by atoms with van der Waals surface area (Å²) in [5, 5.41) is 9.80. The van der Waals surface area contributed by atoms with Crippen molar-refractivity contribution in [3.05, 3.63) is 65.7 Å². The number of phenolic OH excluding ortho intramolecular Hbond substituents is 1. The van der Waals surface area contributed by atoms with E-state index in [1.165, 1.54) is 30.6 Å². The van der Waals surface area contributed by atoms with Gasteiger partial charge in [0.2, 0.25) is 0 Å². The van der Waals surface area contributed by atoms with Crippen LogP contribution in [0.3, 0.4) is 0 Å². The van der Waals surface area contributed by atoms with Gasteiger partial charge >= 0.3 is 0 Å². The number of rotatable bonds is 4. The maximum Gasteiger partial charge on any atom is 0.115 e. The van der Waals surface area contributed by atoms with Gasteiger partial charge in [-0.25, -0.2) is 0 Å². The zero-order valence-electron chi connectivity index (χ0n) is 13.1. The van der Waals surface area contributed by atoms with Gasteiger partial charge in [-0.15, -0.1) is 0 Å². The molecule has 0 amide bonds. The Kier molecular flexibility index (Phi) is 3.23. The second kappa shape index (κ2) is 5.13. The number of hydrogen-bond acceptors (Lipinski definition) is 2. The molecule has 1 aliphatic carbocycles. The van der Waals surface area contributed by atoms with Crippen molar-refractivity contribution in [2.24, 2.45) is 11.8 Å². The highest BCUT2D eigenvalue weighted by molar-refractivity contribution is 5.42. The molecule has 0 aromatic heterocycles. The van der Waals surface area contributed by atoms with Crippen LogP contribution >= 0.6 is 0 Å². The highest BCUT2D eigenvalue weighted by Crippen LogP contribution is 2.65. The number of phenols is 1. The zero-order valence-corrected chi connectivity index (χ0v) is 13.1. The van der Waals surface area contributed by atoms with E-state index in [-0.39, 0.29) is 0 Å². The second-order valence-electron chi connectivity index (χ2n) is 6.84. The molecule has 1 aliphatic heterocycles. The molecule has 2 fully saturated rings. The molecule has 2 nitrogen and oxygen atoms in total. The van der Waals surface area contributed by atoms with Gasteiger partial charge < -0.3 is 5.11 Å². The van der Waals surface area contributed by atoms with Gasteiger partial charge in [-0.3, -0.25) is 4.90 Å². The van der Waals surface area contributed by atoms with Crippen molar-refractivity contribution in [1.29, 1.82) is 0 Å². The van der Waals surface area contributed by atoms with Crippen LogP contribution in [-0.4, -0.2) is 23.1 Å². The molecule has 4 rings (SSSR count). The molecule has 0 spiro atoms. The number of nitrogens with zero attached hydrogens (tertiary/aromatic N) is 1. The monoisotopic (exact) mass is 293 g/mol. The minimum atomic E-state index is 0.311. The molecule has 2 aromatic carbocycles. The lowest BCUT2D eigenvalue weighted by Crippen LogP contribution is -2.29. The van der Waals surface area contributed by atoms with Crippen LogP contribution in [0, 0.1) is 11.8 Å².